The summed E-state index contributed by atoms with van der Waals surface area (Å²) in [5.74, 6) is 0.313. The van der Waals surface area contributed by atoms with Gasteiger partial charge in [-0.15, -0.1) is 0 Å². The summed E-state index contributed by atoms with van der Waals surface area (Å²) in [7, 11) is 1.64. The summed E-state index contributed by atoms with van der Waals surface area (Å²) in [6.07, 6.45) is 0. The van der Waals surface area contributed by atoms with Crippen LogP contribution in [-0.2, 0) is 6.54 Å². The van der Waals surface area contributed by atoms with Crippen molar-refractivity contribution in [2.45, 2.75) is 6.54 Å². The second kappa shape index (κ2) is 8.47. The highest BCUT2D eigenvalue weighted by Gasteiger charge is 2.18. The molecule has 6 heteroatoms. The average molecular weight is 474 g/mol. The number of nitrogens with two attached hydrogens (primary N) is 1. The van der Waals surface area contributed by atoms with Crippen molar-refractivity contribution in [2.24, 2.45) is 5.73 Å². The molecule has 0 unspecified atom stereocenters. The summed E-state index contributed by atoms with van der Waals surface area (Å²) in [4.78, 5) is 12.2. The zero-order chi connectivity index (χ0) is 23.1. The van der Waals surface area contributed by atoms with Crippen LogP contribution < -0.4 is 10.5 Å². The number of halogens is 2. The lowest BCUT2D eigenvalue weighted by Crippen LogP contribution is -2.11. The van der Waals surface area contributed by atoms with E-state index in [2.05, 4.69) is 16.7 Å². The van der Waals surface area contributed by atoms with E-state index in [-0.39, 0.29) is 0 Å². The van der Waals surface area contributed by atoms with Crippen molar-refractivity contribution in [3.63, 3.8) is 0 Å². The maximum Gasteiger partial charge on any atom is 0.249 e. The van der Waals surface area contributed by atoms with Crippen molar-refractivity contribution >= 4 is 50.9 Å². The Balaban J connectivity index is 1.78. The number of hydrogen-bond acceptors (Lipinski definition) is 2. The van der Waals surface area contributed by atoms with E-state index < -0.39 is 5.91 Å². The Kier molecular flexibility index (Phi) is 5.49. The van der Waals surface area contributed by atoms with Gasteiger partial charge in [-0.1, -0.05) is 53.5 Å². The number of hydrogen-bond donors (Lipinski definition) is 1. The number of aromatic nitrogens is 1. The highest BCUT2D eigenvalue weighted by atomic mass is 35.5. The van der Waals surface area contributed by atoms with Gasteiger partial charge in [0.05, 0.1) is 28.2 Å². The van der Waals surface area contributed by atoms with Gasteiger partial charge in [-0.3, -0.25) is 4.79 Å². The normalized spacial score (nSPS) is 11.2. The van der Waals surface area contributed by atoms with Crippen LogP contribution in [0.25, 0.3) is 32.9 Å². The Labute approximate surface area is 201 Å². The van der Waals surface area contributed by atoms with Crippen LogP contribution in [0.3, 0.4) is 0 Å². The SMILES string of the molecule is COc1ccc(-c2c[c]c3c4c(C(N)=O)cccc4n(Cc4cccc(Cl)c4Cl)c3c2)cc1. The smallest absolute Gasteiger partial charge is 0.249 e. The van der Waals surface area contributed by atoms with E-state index in [0.29, 0.717) is 22.2 Å². The minimum Gasteiger partial charge on any atom is -0.497 e. The molecule has 4 aromatic carbocycles. The van der Waals surface area contributed by atoms with Crippen LogP contribution >= 0.6 is 23.2 Å². The molecule has 0 aliphatic rings. The molecule has 1 heterocycles. The van der Waals surface area contributed by atoms with Gasteiger partial charge in [0.25, 0.3) is 0 Å². The number of carbonyl (C=O) groups is 1. The first kappa shape index (κ1) is 21.4. The number of methoxy groups -OCH3 is 1. The summed E-state index contributed by atoms with van der Waals surface area (Å²) < 4.78 is 7.40. The Bertz CT molecular complexity index is 1520. The molecule has 2 N–H and O–H groups in total. The molecule has 1 aromatic heterocycles. The predicted molar refractivity (Wildman–Crippen MR) is 134 cm³/mol. The van der Waals surface area contributed by atoms with E-state index in [1.54, 1.807) is 19.2 Å². The fraction of sp³-hybridized carbons (Fsp3) is 0.0741. The summed E-state index contributed by atoms with van der Waals surface area (Å²) in [6.45, 7) is 0.474. The van der Waals surface area contributed by atoms with Gasteiger partial charge in [0.15, 0.2) is 0 Å². The summed E-state index contributed by atoms with van der Waals surface area (Å²) in [5.41, 5.74) is 10.9. The van der Waals surface area contributed by atoms with Crippen molar-refractivity contribution in [2.75, 3.05) is 7.11 Å². The molecular weight excluding hydrogens is 455 g/mol. The van der Waals surface area contributed by atoms with Crippen LogP contribution in [0.15, 0.2) is 72.8 Å². The summed E-state index contributed by atoms with van der Waals surface area (Å²) >= 11 is 12.8. The summed E-state index contributed by atoms with van der Waals surface area (Å²) in [6, 6.07) is 26.4. The Morgan fingerprint density at radius 3 is 2.48 bits per heavy atom. The fourth-order valence-corrected chi connectivity index (χ4v) is 4.60. The molecule has 1 radical (unpaired) electrons. The molecule has 33 heavy (non-hydrogen) atoms. The van der Waals surface area contributed by atoms with Crippen molar-refractivity contribution in [3.8, 4) is 16.9 Å². The lowest BCUT2D eigenvalue weighted by Gasteiger charge is -2.11. The molecule has 5 aromatic rings. The largest absolute Gasteiger partial charge is 0.497 e. The van der Waals surface area contributed by atoms with Crippen LogP contribution in [0.4, 0.5) is 0 Å². The predicted octanol–water partition coefficient (Wildman–Crippen LogP) is 6.72. The molecule has 0 saturated heterocycles. The van der Waals surface area contributed by atoms with E-state index in [4.69, 9.17) is 33.7 Å². The minimum atomic E-state index is -0.479. The van der Waals surface area contributed by atoms with Crippen molar-refractivity contribution in [1.82, 2.24) is 4.57 Å². The number of nitrogens with zero attached hydrogens (tertiary/aromatic N) is 1. The fourth-order valence-electron chi connectivity index (χ4n) is 4.22. The maximum atomic E-state index is 12.2. The van der Waals surface area contributed by atoms with Crippen LogP contribution in [-0.4, -0.2) is 17.6 Å². The third kappa shape index (κ3) is 3.71. The number of amides is 1. The molecular formula is C27H19Cl2N2O2. The van der Waals surface area contributed by atoms with E-state index in [1.807, 2.05) is 54.6 Å². The van der Waals surface area contributed by atoms with Crippen LogP contribution in [0.1, 0.15) is 15.9 Å². The molecule has 0 atom stereocenters. The number of benzene rings is 4. The number of ether oxygens (including phenoxy) is 1. The third-order valence-electron chi connectivity index (χ3n) is 5.84. The minimum absolute atomic E-state index is 0.460. The van der Waals surface area contributed by atoms with Gasteiger partial charge < -0.3 is 15.0 Å². The molecule has 0 aliphatic carbocycles. The monoisotopic (exact) mass is 473 g/mol. The Hall–Kier alpha value is -3.47. The van der Waals surface area contributed by atoms with Crippen LogP contribution in [0, 0.1) is 6.07 Å². The average Bonchev–Trinajstić information content (AvgIpc) is 3.15. The van der Waals surface area contributed by atoms with Crippen molar-refractivity contribution in [3.05, 3.63) is 100 Å². The first-order chi connectivity index (χ1) is 16.0. The van der Waals surface area contributed by atoms with E-state index in [0.717, 1.165) is 44.2 Å². The molecule has 1 amide bonds. The molecule has 163 valence electrons. The molecule has 0 fully saturated rings. The van der Waals surface area contributed by atoms with Crippen molar-refractivity contribution in [1.29, 1.82) is 0 Å². The number of rotatable bonds is 5. The van der Waals surface area contributed by atoms with Gasteiger partial charge in [0, 0.05) is 22.9 Å². The van der Waals surface area contributed by atoms with Crippen molar-refractivity contribution < 1.29 is 9.53 Å². The number of primary amides is 1. The molecule has 0 bridgehead atoms. The van der Waals surface area contributed by atoms with Crippen LogP contribution in [0.2, 0.25) is 10.0 Å². The second-order valence-corrected chi connectivity index (χ2v) is 8.53. The zero-order valence-corrected chi connectivity index (χ0v) is 19.2. The number of carbonyl (C=O) groups excluding carboxylic acids is 1. The topological polar surface area (TPSA) is 57.2 Å². The van der Waals surface area contributed by atoms with Gasteiger partial charge >= 0.3 is 0 Å². The highest BCUT2D eigenvalue weighted by Crippen LogP contribution is 2.36. The van der Waals surface area contributed by atoms with E-state index in [9.17, 15) is 4.79 Å². The maximum absolute atomic E-state index is 12.2. The van der Waals surface area contributed by atoms with Gasteiger partial charge in [-0.05, 0) is 65.2 Å². The first-order valence-corrected chi connectivity index (χ1v) is 11.1. The van der Waals surface area contributed by atoms with Gasteiger partial charge in [-0.2, -0.15) is 0 Å². The third-order valence-corrected chi connectivity index (χ3v) is 6.70. The molecule has 5 rings (SSSR count). The van der Waals surface area contributed by atoms with Crippen LogP contribution in [0.5, 0.6) is 5.75 Å². The Morgan fingerprint density at radius 2 is 1.76 bits per heavy atom. The molecule has 4 nitrogen and oxygen atoms in total. The van der Waals surface area contributed by atoms with Gasteiger partial charge in [0.2, 0.25) is 5.91 Å². The number of fused-ring (bicyclic) bond motifs is 3. The lowest BCUT2D eigenvalue weighted by atomic mass is 10.0. The summed E-state index contributed by atoms with van der Waals surface area (Å²) in [5, 5.41) is 2.61. The zero-order valence-electron chi connectivity index (χ0n) is 17.7. The second-order valence-electron chi connectivity index (χ2n) is 7.74. The van der Waals surface area contributed by atoms with Gasteiger partial charge in [-0.25, -0.2) is 0 Å². The molecule has 0 saturated carbocycles. The molecule has 0 aliphatic heterocycles. The standard InChI is InChI=1S/C27H19Cl2N2O2/c1-33-19-11-8-16(9-12-19)17-10-13-20-24(14-17)31(15-18-4-2-6-22(28)26(18)29)23-7-3-5-21(25(20)23)27(30)32/h2-12,14H,15H2,1H3,(H2,30,32). The lowest BCUT2D eigenvalue weighted by molar-refractivity contribution is 0.100. The Morgan fingerprint density at radius 1 is 1.00 bits per heavy atom. The highest BCUT2D eigenvalue weighted by molar-refractivity contribution is 6.42. The van der Waals surface area contributed by atoms with E-state index in [1.165, 1.54) is 0 Å². The van der Waals surface area contributed by atoms with Gasteiger partial charge in [0.1, 0.15) is 5.75 Å². The molecule has 0 spiro atoms. The quantitative estimate of drug-likeness (QED) is 0.307. The van der Waals surface area contributed by atoms with E-state index >= 15 is 0 Å². The first-order valence-electron chi connectivity index (χ1n) is 10.3.